The minimum atomic E-state index is 0.829. The topological polar surface area (TPSA) is 0 Å². The molecule has 1 unspecified atom stereocenters. The molecule has 1 radical (unpaired) electrons. The van der Waals surface area contributed by atoms with Crippen molar-refractivity contribution in [3.05, 3.63) is 6.42 Å². The van der Waals surface area contributed by atoms with Crippen LogP contribution < -0.4 is 0 Å². The maximum atomic E-state index is 2.33. The highest BCUT2D eigenvalue weighted by Crippen LogP contribution is 2.18. The van der Waals surface area contributed by atoms with E-state index < -0.39 is 0 Å². The lowest BCUT2D eigenvalue weighted by atomic mass is 9.89. The van der Waals surface area contributed by atoms with Gasteiger partial charge in [-0.25, -0.2) is 0 Å². The lowest BCUT2D eigenvalue weighted by Gasteiger charge is -2.16. The predicted octanol–water partition coefficient (Wildman–Crippen LogP) is 3.28. The molecule has 0 aromatic rings. The van der Waals surface area contributed by atoms with Gasteiger partial charge in [0.15, 0.2) is 0 Å². The summed E-state index contributed by atoms with van der Waals surface area (Å²) < 4.78 is 0. The van der Waals surface area contributed by atoms with Crippen LogP contribution in [0.15, 0.2) is 0 Å². The summed E-state index contributed by atoms with van der Waals surface area (Å²) in [7, 11) is 0. The average molecular weight is 127 g/mol. The first kappa shape index (κ1) is 9.00. The molecule has 0 amide bonds. The van der Waals surface area contributed by atoms with E-state index >= 15 is 0 Å². The molecule has 9 heavy (non-hydrogen) atoms. The maximum Gasteiger partial charge on any atom is -0.0363 e. The van der Waals surface area contributed by atoms with Gasteiger partial charge in [0, 0.05) is 0 Å². The molecule has 55 valence electrons. The van der Waals surface area contributed by atoms with Gasteiger partial charge in [0.2, 0.25) is 0 Å². The summed E-state index contributed by atoms with van der Waals surface area (Å²) in [5.74, 6) is 1.67. The van der Waals surface area contributed by atoms with E-state index in [1.54, 1.807) is 0 Å². The van der Waals surface area contributed by atoms with E-state index in [0.29, 0.717) is 0 Å². The molecule has 0 heteroatoms. The van der Waals surface area contributed by atoms with Crippen LogP contribution in [0.3, 0.4) is 0 Å². The molecular formula is C9H19. The Morgan fingerprint density at radius 2 is 1.89 bits per heavy atom. The first-order valence-electron chi connectivity index (χ1n) is 4.01. The average Bonchev–Trinajstić information content (AvgIpc) is 1.82. The van der Waals surface area contributed by atoms with Crippen LogP contribution in [0, 0.1) is 18.3 Å². The van der Waals surface area contributed by atoms with Gasteiger partial charge in [-0.05, 0) is 18.3 Å². The van der Waals surface area contributed by atoms with Crippen molar-refractivity contribution >= 4 is 0 Å². The van der Waals surface area contributed by atoms with Crippen molar-refractivity contribution in [3.63, 3.8) is 0 Å². The Bertz CT molecular complexity index is 55.1. The summed E-state index contributed by atoms with van der Waals surface area (Å²) in [6.07, 6.45) is 5.00. The van der Waals surface area contributed by atoms with Crippen molar-refractivity contribution in [2.24, 2.45) is 11.8 Å². The number of rotatable bonds is 4. The quantitative estimate of drug-likeness (QED) is 0.543. The SMILES string of the molecule is C[CH]C(CCC)C(C)C. The summed E-state index contributed by atoms with van der Waals surface area (Å²) >= 11 is 0. The minimum absolute atomic E-state index is 0.829. The molecule has 0 aliphatic carbocycles. The van der Waals surface area contributed by atoms with Crippen LogP contribution >= 0.6 is 0 Å². The van der Waals surface area contributed by atoms with E-state index in [-0.39, 0.29) is 0 Å². The molecular weight excluding hydrogens is 108 g/mol. The standard InChI is InChI=1S/C9H19/c1-5-7-9(6-2)8(3)4/h6,8-9H,5,7H2,1-4H3. The Labute approximate surface area is 59.7 Å². The lowest BCUT2D eigenvalue weighted by molar-refractivity contribution is 0.406. The molecule has 0 heterocycles. The molecule has 0 saturated heterocycles. The van der Waals surface area contributed by atoms with Gasteiger partial charge in [-0.1, -0.05) is 40.5 Å². The van der Waals surface area contributed by atoms with E-state index in [0.717, 1.165) is 11.8 Å². The second-order valence-corrected chi connectivity index (χ2v) is 3.03. The molecule has 0 bridgehead atoms. The Balaban J connectivity index is 3.41. The van der Waals surface area contributed by atoms with Crippen LogP contribution in [0.4, 0.5) is 0 Å². The second kappa shape index (κ2) is 4.84. The molecule has 0 spiro atoms. The number of hydrogen-bond donors (Lipinski definition) is 0. The van der Waals surface area contributed by atoms with Gasteiger partial charge in [0.1, 0.15) is 0 Å². The van der Waals surface area contributed by atoms with Gasteiger partial charge < -0.3 is 0 Å². The zero-order valence-electron chi connectivity index (χ0n) is 7.15. The fraction of sp³-hybridized carbons (Fsp3) is 0.889. The second-order valence-electron chi connectivity index (χ2n) is 3.03. The first-order chi connectivity index (χ1) is 4.22. The highest BCUT2D eigenvalue weighted by molar-refractivity contribution is 4.73. The van der Waals surface area contributed by atoms with Crippen molar-refractivity contribution in [1.82, 2.24) is 0 Å². The molecule has 0 N–H and O–H groups in total. The predicted molar refractivity (Wildman–Crippen MR) is 43.2 cm³/mol. The largest absolute Gasteiger partial charge is 0.0654 e. The van der Waals surface area contributed by atoms with Crippen molar-refractivity contribution in [1.29, 1.82) is 0 Å². The lowest BCUT2D eigenvalue weighted by Crippen LogP contribution is -2.06. The smallest absolute Gasteiger partial charge is 0.0363 e. The zero-order chi connectivity index (χ0) is 7.28. The van der Waals surface area contributed by atoms with Crippen LogP contribution in [-0.2, 0) is 0 Å². The third-order valence-electron chi connectivity index (χ3n) is 1.91. The molecule has 0 rings (SSSR count). The van der Waals surface area contributed by atoms with Crippen LogP contribution in [-0.4, -0.2) is 0 Å². The molecule has 0 aromatic heterocycles. The third-order valence-corrected chi connectivity index (χ3v) is 1.91. The van der Waals surface area contributed by atoms with Gasteiger partial charge >= 0.3 is 0 Å². The van der Waals surface area contributed by atoms with Crippen molar-refractivity contribution in [2.45, 2.75) is 40.5 Å². The van der Waals surface area contributed by atoms with Crippen molar-refractivity contribution in [3.8, 4) is 0 Å². The third kappa shape index (κ3) is 3.56. The van der Waals surface area contributed by atoms with Gasteiger partial charge in [0.05, 0.1) is 0 Å². The zero-order valence-corrected chi connectivity index (χ0v) is 7.15. The normalized spacial score (nSPS) is 14.3. The molecule has 0 aliphatic heterocycles. The Kier molecular flexibility index (Phi) is 4.84. The van der Waals surface area contributed by atoms with Crippen molar-refractivity contribution < 1.29 is 0 Å². The van der Waals surface area contributed by atoms with Gasteiger partial charge in [0.25, 0.3) is 0 Å². The van der Waals surface area contributed by atoms with E-state index in [1.807, 2.05) is 0 Å². The molecule has 0 saturated carbocycles. The Morgan fingerprint density at radius 3 is 2.00 bits per heavy atom. The van der Waals surface area contributed by atoms with E-state index in [2.05, 4.69) is 34.1 Å². The monoisotopic (exact) mass is 127 g/mol. The van der Waals surface area contributed by atoms with E-state index in [4.69, 9.17) is 0 Å². The van der Waals surface area contributed by atoms with Crippen molar-refractivity contribution in [2.75, 3.05) is 0 Å². The minimum Gasteiger partial charge on any atom is -0.0654 e. The van der Waals surface area contributed by atoms with Crippen LogP contribution in [0.5, 0.6) is 0 Å². The van der Waals surface area contributed by atoms with Gasteiger partial charge in [-0.15, -0.1) is 0 Å². The summed E-state index contributed by atoms with van der Waals surface area (Å²) in [6.45, 7) is 9.00. The summed E-state index contributed by atoms with van der Waals surface area (Å²) in [5, 5.41) is 0. The summed E-state index contributed by atoms with van der Waals surface area (Å²) in [4.78, 5) is 0. The highest BCUT2D eigenvalue weighted by Gasteiger charge is 2.08. The van der Waals surface area contributed by atoms with Crippen LogP contribution in [0.25, 0.3) is 0 Å². The maximum absolute atomic E-state index is 2.33. The fourth-order valence-electron chi connectivity index (χ4n) is 1.22. The number of hydrogen-bond acceptors (Lipinski definition) is 0. The Morgan fingerprint density at radius 1 is 1.33 bits per heavy atom. The molecule has 0 aliphatic rings. The molecule has 0 aromatic carbocycles. The Hall–Kier alpha value is 0. The molecule has 1 atom stereocenters. The van der Waals surface area contributed by atoms with Gasteiger partial charge in [-0.2, -0.15) is 0 Å². The van der Waals surface area contributed by atoms with Gasteiger partial charge in [-0.3, -0.25) is 0 Å². The van der Waals surface area contributed by atoms with Crippen LogP contribution in [0.1, 0.15) is 40.5 Å². The van der Waals surface area contributed by atoms with Crippen LogP contribution in [0.2, 0.25) is 0 Å². The van der Waals surface area contributed by atoms with E-state index in [1.165, 1.54) is 12.8 Å². The fourth-order valence-corrected chi connectivity index (χ4v) is 1.22. The molecule has 0 nitrogen and oxygen atoms in total. The van der Waals surface area contributed by atoms with E-state index in [9.17, 15) is 0 Å². The molecule has 0 fully saturated rings. The summed E-state index contributed by atoms with van der Waals surface area (Å²) in [6, 6.07) is 0. The highest BCUT2D eigenvalue weighted by atomic mass is 14.1. The summed E-state index contributed by atoms with van der Waals surface area (Å²) in [5.41, 5.74) is 0. The first-order valence-corrected chi connectivity index (χ1v) is 4.01.